The van der Waals surface area contributed by atoms with Crippen LogP contribution in [0.2, 0.25) is 0 Å². The third kappa shape index (κ3) is 4.62. The van der Waals surface area contributed by atoms with E-state index in [0.29, 0.717) is 31.3 Å². The molecule has 0 saturated carbocycles. The van der Waals surface area contributed by atoms with E-state index < -0.39 is 0 Å². The van der Waals surface area contributed by atoms with Gasteiger partial charge >= 0.3 is 0 Å². The third-order valence-corrected chi connectivity index (χ3v) is 5.87. The summed E-state index contributed by atoms with van der Waals surface area (Å²) in [6.45, 7) is 9.33. The number of hydrogen-bond acceptors (Lipinski definition) is 5. The maximum atomic E-state index is 12.6. The fourth-order valence-corrected chi connectivity index (χ4v) is 4.01. The standard InChI is InChI=1S/C23H28BrNO5/c1-14(26)16-12-25-18(10-19(16)27)15-9-17(24)21(29-8-6-7-28-5)11-20(15)30-13-22(25)23(2,3)4/h9-12,22H,6-8,13H2,1-5H3/t22-/m0/s1. The molecule has 0 N–H and O–H groups in total. The lowest BCUT2D eigenvalue weighted by atomic mass is 9.86. The molecule has 1 aliphatic heterocycles. The summed E-state index contributed by atoms with van der Waals surface area (Å²) in [5.41, 5.74) is 1.25. The number of carbonyl (C=O) groups is 1. The van der Waals surface area contributed by atoms with Crippen LogP contribution in [-0.2, 0) is 4.74 Å². The molecule has 3 rings (SSSR count). The Morgan fingerprint density at radius 2 is 2.00 bits per heavy atom. The van der Waals surface area contributed by atoms with Gasteiger partial charge in [0.1, 0.15) is 18.1 Å². The van der Waals surface area contributed by atoms with Gasteiger partial charge in [0.15, 0.2) is 11.2 Å². The van der Waals surface area contributed by atoms with Crippen LogP contribution >= 0.6 is 15.9 Å². The van der Waals surface area contributed by atoms with E-state index in [0.717, 1.165) is 22.2 Å². The number of halogens is 1. The summed E-state index contributed by atoms with van der Waals surface area (Å²) < 4.78 is 19.9. The lowest BCUT2D eigenvalue weighted by Gasteiger charge is -2.32. The van der Waals surface area contributed by atoms with Gasteiger partial charge in [-0.15, -0.1) is 0 Å². The molecule has 0 bridgehead atoms. The molecule has 1 aromatic heterocycles. The fraction of sp³-hybridized carbons (Fsp3) is 0.478. The average molecular weight is 478 g/mol. The van der Waals surface area contributed by atoms with E-state index in [1.54, 1.807) is 13.3 Å². The number of methoxy groups -OCH3 is 1. The number of carbonyl (C=O) groups excluding carboxylic acids is 1. The summed E-state index contributed by atoms with van der Waals surface area (Å²) in [5.74, 6) is 1.08. The molecule has 2 heterocycles. The fourth-order valence-electron chi connectivity index (χ4n) is 3.55. The van der Waals surface area contributed by atoms with Crippen LogP contribution in [0.15, 0.2) is 33.7 Å². The number of ether oxygens (including phenoxy) is 3. The molecule has 1 atom stereocenters. The Hall–Kier alpha value is -2.12. The average Bonchev–Trinajstić information content (AvgIpc) is 2.81. The predicted molar refractivity (Wildman–Crippen MR) is 120 cm³/mol. The molecule has 6 nitrogen and oxygen atoms in total. The summed E-state index contributed by atoms with van der Waals surface area (Å²) in [4.78, 5) is 24.7. The van der Waals surface area contributed by atoms with Crippen LogP contribution in [0.5, 0.6) is 11.5 Å². The topological polar surface area (TPSA) is 66.8 Å². The van der Waals surface area contributed by atoms with Crippen LogP contribution in [0.1, 0.15) is 50.5 Å². The van der Waals surface area contributed by atoms with Crippen LogP contribution in [0.25, 0.3) is 11.3 Å². The Bertz CT molecular complexity index is 1010. The number of rotatable bonds is 6. The maximum Gasteiger partial charge on any atom is 0.192 e. The third-order valence-electron chi connectivity index (χ3n) is 5.25. The molecule has 0 amide bonds. The zero-order valence-corrected chi connectivity index (χ0v) is 19.7. The van der Waals surface area contributed by atoms with Gasteiger partial charge in [0.25, 0.3) is 0 Å². The first kappa shape index (κ1) is 22.6. The lowest BCUT2D eigenvalue weighted by Crippen LogP contribution is -2.31. The Kier molecular flexibility index (Phi) is 6.72. The molecule has 0 aliphatic carbocycles. The molecular weight excluding hydrogens is 450 g/mol. The second-order valence-electron chi connectivity index (χ2n) is 8.57. The van der Waals surface area contributed by atoms with Crippen LogP contribution < -0.4 is 14.9 Å². The van der Waals surface area contributed by atoms with Gasteiger partial charge in [0, 0.05) is 44.0 Å². The van der Waals surface area contributed by atoms with Crippen LogP contribution in [0.3, 0.4) is 0 Å². The largest absolute Gasteiger partial charge is 0.492 e. The predicted octanol–water partition coefficient (Wildman–Crippen LogP) is 4.88. The van der Waals surface area contributed by atoms with Crippen molar-refractivity contribution in [3.8, 4) is 22.8 Å². The highest BCUT2D eigenvalue weighted by Crippen LogP contribution is 2.44. The van der Waals surface area contributed by atoms with Crippen molar-refractivity contribution in [3.63, 3.8) is 0 Å². The van der Waals surface area contributed by atoms with Crippen molar-refractivity contribution in [1.29, 1.82) is 0 Å². The first-order valence-electron chi connectivity index (χ1n) is 9.99. The molecular formula is C23H28BrNO5. The number of nitrogens with zero attached hydrogens (tertiary/aromatic N) is 1. The van der Waals surface area contributed by atoms with Crippen molar-refractivity contribution < 1.29 is 19.0 Å². The normalized spacial score (nSPS) is 15.6. The van der Waals surface area contributed by atoms with E-state index in [1.165, 1.54) is 13.0 Å². The highest BCUT2D eigenvalue weighted by atomic mass is 79.9. The molecule has 2 aromatic rings. The quantitative estimate of drug-likeness (QED) is 0.438. The highest BCUT2D eigenvalue weighted by Gasteiger charge is 2.32. The molecule has 0 saturated heterocycles. The summed E-state index contributed by atoms with van der Waals surface area (Å²) in [7, 11) is 1.66. The monoisotopic (exact) mass is 477 g/mol. The van der Waals surface area contributed by atoms with Crippen molar-refractivity contribution in [2.75, 3.05) is 26.9 Å². The lowest BCUT2D eigenvalue weighted by molar-refractivity contribution is 0.101. The summed E-state index contributed by atoms with van der Waals surface area (Å²) in [6, 6.07) is 5.23. The van der Waals surface area contributed by atoms with Crippen molar-refractivity contribution in [2.45, 2.75) is 40.2 Å². The molecule has 0 radical (unpaired) electrons. The molecule has 0 fully saturated rings. The van der Waals surface area contributed by atoms with Gasteiger partial charge in [-0.05, 0) is 34.3 Å². The van der Waals surface area contributed by atoms with Crippen molar-refractivity contribution in [3.05, 3.63) is 44.7 Å². The minimum Gasteiger partial charge on any atom is -0.492 e. The maximum absolute atomic E-state index is 12.6. The van der Waals surface area contributed by atoms with Crippen LogP contribution in [0, 0.1) is 5.41 Å². The van der Waals surface area contributed by atoms with Crippen LogP contribution in [-0.4, -0.2) is 37.3 Å². The van der Waals surface area contributed by atoms with E-state index in [4.69, 9.17) is 14.2 Å². The highest BCUT2D eigenvalue weighted by molar-refractivity contribution is 9.10. The molecule has 30 heavy (non-hydrogen) atoms. The summed E-state index contributed by atoms with van der Waals surface area (Å²) in [6.07, 6.45) is 2.45. The van der Waals surface area contributed by atoms with Gasteiger partial charge in [-0.1, -0.05) is 20.8 Å². The molecule has 1 aromatic carbocycles. The van der Waals surface area contributed by atoms with E-state index in [2.05, 4.69) is 36.7 Å². The Morgan fingerprint density at radius 1 is 1.27 bits per heavy atom. The Morgan fingerprint density at radius 3 is 2.63 bits per heavy atom. The number of aromatic nitrogens is 1. The van der Waals surface area contributed by atoms with Gasteiger partial charge in [0.05, 0.1) is 28.4 Å². The van der Waals surface area contributed by atoms with E-state index in [1.807, 2.05) is 16.7 Å². The van der Waals surface area contributed by atoms with Gasteiger partial charge in [-0.3, -0.25) is 9.59 Å². The van der Waals surface area contributed by atoms with Gasteiger partial charge in [-0.2, -0.15) is 0 Å². The SMILES string of the molecule is COCCCOc1cc2c(cc1Br)-c1cc(=O)c(C(C)=O)cn1[C@H](C(C)(C)C)CO2. The second-order valence-corrected chi connectivity index (χ2v) is 9.42. The molecule has 162 valence electrons. The number of fused-ring (bicyclic) bond motifs is 3. The zero-order valence-electron chi connectivity index (χ0n) is 18.1. The second kappa shape index (κ2) is 8.94. The first-order chi connectivity index (χ1) is 14.1. The number of pyridine rings is 1. The minimum atomic E-state index is -0.287. The van der Waals surface area contributed by atoms with Crippen LogP contribution in [0.4, 0.5) is 0 Å². The number of benzene rings is 1. The van der Waals surface area contributed by atoms with Gasteiger partial charge in [0.2, 0.25) is 0 Å². The van der Waals surface area contributed by atoms with Crippen molar-refractivity contribution in [1.82, 2.24) is 4.57 Å². The molecule has 0 unspecified atom stereocenters. The van der Waals surface area contributed by atoms with Crippen molar-refractivity contribution >= 4 is 21.7 Å². The number of ketones is 1. The smallest absolute Gasteiger partial charge is 0.192 e. The van der Waals surface area contributed by atoms with Gasteiger partial charge < -0.3 is 18.8 Å². The Labute approximate surface area is 185 Å². The molecule has 0 spiro atoms. The number of hydrogen-bond donors (Lipinski definition) is 0. The zero-order chi connectivity index (χ0) is 22.1. The first-order valence-corrected chi connectivity index (χ1v) is 10.8. The van der Waals surface area contributed by atoms with E-state index in [-0.39, 0.29) is 28.2 Å². The number of Topliss-reactive ketones (excluding diaryl/α,β-unsaturated/α-hetero) is 1. The molecule has 7 heteroatoms. The van der Waals surface area contributed by atoms with E-state index in [9.17, 15) is 9.59 Å². The van der Waals surface area contributed by atoms with Crippen molar-refractivity contribution in [2.24, 2.45) is 5.41 Å². The molecule has 1 aliphatic rings. The Balaban J connectivity index is 2.13. The van der Waals surface area contributed by atoms with Gasteiger partial charge in [-0.25, -0.2) is 0 Å². The summed E-state index contributed by atoms with van der Waals surface area (Å²) in [5, 5.41) is 0. The minimum absolute atomic E-state index is 0.0663. The summed E-state index contributed by atoms with van der Waals surface area (Å²) >= 11 is 3.58. The van der Waals surface area contributed by atoms with E-state index >= 15 is 0 Å².